The summed E-state index contributed by atoms with van der Waals surface area (Å²) in [5.74, 6) is -0.344. The number of carbonyl (C=O) groups is 2. The number of likely N-dealkylation sites (N-methyl/N-ethyl adjacent to an activating group) is 1. The summed E-state index contributed by atoms with van der Waals surface area (Å²) >= 11 is 0. The maximum Gasteiger partial charge on any atom is 0.251 e. The van der Waals surface area contributed by atoms with Gasteiger partial charge in [-0.2, -0.15) is 0 Å². The fourth-order valence-corrected chi connectivity index (χ4v) is 3.06. The second kappa shape index (κ2) is 7.97. The van der Waals surface area contributed by atoms with Crippen LogP contribution in [0.2, 0.25) is 0 Å². The van der Waals surface area contributed by atoms with Crippen molar-refractivity contribution in [1.29, 1.82) is 0 Å². The number of amides is 2. The lowest BCUT2D eigenvalue weighted by Gasteiger charge is -2.25. The third kappa shape index (κ3) is 4.37. The number of rotatable bonds is 4. The van der Waals surface area contributed by atoms with Crippen LogP contribution in [0.25, 0.3) is 6.08 Å². The summed E-state index contributed by atoms with van der Waals surface area (Å²) in [7, 11) is 3.69. The van der Waals surface area contributed by atoms with E-state index < -0.39 is 0 Å². The zero-order chi connectivity index (χ0) is 18.5. The van der Waals surface area contributed by atoms with Crippen molar-refractivity contribution in [2.75, 3.05) is 26.0 Å². The van der Waals surface area contributed by atoms with E-state index in [0.29, 0.717) is 5.56 Å². The van der Waals surface area contributed by atoms with Crippen LogP contribution in [0.5, 0.6) is 0 Å². The molecule has 0 spiro atoms. The maximum atomic E-state index is 12.2. The molecule has 0 fully saturated rings. The Hall–Kier alpha value is -2.92. The van der Waals surface area contributed by atoms with Gasteiger partial charge in [0, 0.05) is 37.5 Å². The van der Waals surface area contributed by atoms with Crippen molar-refractivity contribution in [1.82, 2.24) is 10.2 Å². The fourth-order valence-electron chi connectivity index (χ4n) is 3.06. The number of anilines is 1. The summed E-state index contributed by atoms with van der Waals surface area (Å²) < 4.78 is 0. The monoisotopic (exact) mass is 349 g/mol. The lowest BCUT2D eigenvalue weighted by molar-refractivity contribution is -0.111. The first-order valence-electron chi connectivity index (χ1n) is 8.67. The molecule has 2 N–H and O–H groups in total. The molecule has 26 heavy (non-hydrogen) atoms. The Bertz CT molecular complexity index is 858. The van der Waals surface area contributed by atoms with Crippen LogP contribution in [0.3, 0.4) is 0 Å². The molecule has 2 aromatic carbocycles. The first kappa shape index (κ1) is 17.9. The lowest BCUT2D eigenvalue weighted by Crippen LogP contribution is -2.26. The molecule has 1 heterocycles. The summed E-state index contributed by atoms with van der Waals surface area (Å²) in [5, 5.41) is 5.49. The number of hydrogen-bond acceptors (Lipinski definition) is 3. The van der Waals surface area contributed by atoms with Gasteiger partial charge >= 0.3 is 0 Å². The van der Waals surface area contributed by atoms with E-state index in [1.807, 2.05) is 18.2 Å². The number of carbonyl (C=O) groups excluding carboxylic acids is 2. The summed E-state index contributed by atoms with van der Waals surface area (Å²) in [6.07, 6.45) is 4.23. The maximum absolute atomic E-state index is 12.2. The molecule has 2 amide bonds. The predicted molar refractivity (Wildman–Crippen MR) is 104 cm³/mol. The molecule has 0 radical (unpaired) electrons. The van der Waals surface area contributed by atoms with Crippen LogP contribution >= 0.6 is 0 Å². The third-order valence-electron chi connectivity index (χ3n) is 4.48. The molecule has 0 saturated heterocycles. The summed E-state index contributed by atoms with van der Waals surface area (Å²) in [5.41, 5.74) is 4.77. The number of hydrogen-bond donors (Lipinski definition) is 2. The van der Waals surface area contributed by atoms with E-state index in [4.69, 9.17) is 0 Å². The van der Waals surface area contributed by atoms with E-state index in [-0.39, 0.29) is 11.8 Å². The van der Waals surface area contributed by atoms with E-state index in [2.05, 4.69) is 28.6 Å². The fraction of sp³-hybridized carbons (Fsp3) is 0.238. The van der Waals surface area contributed by atoms with Gasteiger partial charge in [-0.05, 0) is 60.5 Å². The molecule has 3 rings (SSSR count). The van der Waals surface area contributed by atoms with Crippen LogP contribution in [0.4, 0.5) is 5.69 Å². The highest BCUT2D eigenvalue weighted by Crippen LogP contribution is 2.22. The third-order valence-corrected chi connectivity index (χ3v) is 4.48. The summed E-state index contributed by atoms with van der Waals surface area (Å²) in [6.45, 7) is 1.97. The molecule has 0 aromatic heterocycles. The highest BCUT2D eigenvalue weighted by Gasteiger charge is 2.13. The molecular formula is C21H23N3O2. The van der Waals surface area contributed by atoms with Crippen LogP contribution in [0.1, 0.15) is 27.0 Å². The molecule has 5 heteroatoms. The molecular weight excluding hydrogens is 326 g/mol. The molecule has 5 nitrogen and oxygen atoms in total. The number of fused-ring (bicyclic) bond motifs is 1. The van der Waals surface area contributed by atoms with Gasteiger partial charge in [0.05, 0.1) is 0 Å². The molecule has 2 aromatic rings. The van der Waals surface area contributed by atoms with Gasteiger partial charge in [-0.25, -0.2) is 0 Å². The van der Waals surface area contributed by atoms with Gasteiger partial charge in [0.1, 0.15) is 0 Å². The minimum atomic E-state index is -0.195. The Balaban J connectivity index is 1.66. The highest BCUT2D eigenvalue weighted by molar-refractivity contribution is 6.02. The Labute approximate surface area is 153 Å². The average molecular weight is 349 g/mol. The second-order valence-electron chi connectivity index (χ2n) is 6.50. The molecule has 0 bridgehead atoms. The number of nitrogens with one attached hydrogen (secondary N) is 2. The molecule has 1 aliphatic heterocycles. The normalized spacial score (nSPS) is 14.1. The predicted octanol–water partition coefficient (Wildman–Crippen LogP) is 2.69. The number of nitrogens with zero attached hydrogens (tertiary/aromatic N) is 1. The molecule has 0 atom stereocenters. The minimum Gasteiger partial charge on any atom is -0.355 e. The van der Waals surface area contributed by atoms with Crippen LogP contribution in [-0.2, 0) is 17.8 Å². The standard InChI is InChI=1S/C21H23N3O2/c1-22-21(26)17-5-3-4-15(12-17)6-9-20(25)23-19-8-7-16-10-11-24(2)14-18(16)13-19/h3-9,12-13H,10-11,14H2,1-2H3,(H,22,26)(H,23,25). The smallest absolute Gasteiger partial charge is 0.251 e. The van der Waals surface area contributed by atoms with E-state index in [0.717, 1.165) is 30.8 Å². The first-order valence-corrected chi connectivity index (χ1v) is 8.67. The second-order valence-corrected chi connectivity index (χ2v) is 6.50. The molecule has 0 unspecified atom stereocenters. The van der Waals surface area contributed by atoms with Crippen LogP contribution in [0, 0.1) is 0 Å². The quantitative estimate of drug-likeness (QED) is 0.835. The van der Waals surface area contributed by atoms with Crippen LogP contribution < -0.4 is 10.6 Å². The van der Waals surface area contributed by atoms with Crippen molar-refractivity contribution in [3.05, 3.63) is 70.8 Å². The van der Waals surface area contributed by atoms with Gasteiger partial charge < -0.3 is 15.5 Å². The molecule has 0 aliphatic carbocycles. The van der Waals surface area contributed by atoms with E-state index in [1.165, 1.54) is 17.2 Å². The topological polar surface area (TPSA) is 61.4 Å². The van der Waals surface area contributed by atoms with E-state index in [9.17, 15) is 9.59 Å². The van der Waals surface area contributed by atoms with Crippen molar-refractivity contribution in [2.24, 2.45) is 0 Å². The van der Waals surface area contributed by atoms with Crippen molar-refractivity contribution >= 4 is 23.6 Å². The zero-order valence-corrected chi connectivity index (χ0v) is 15.1. The van der Waals surface area contributed by atoms with Gasteiger partial charge in [-0.15, -0.1) is 0 Å². The van der Waals surface area contributed by atoms with Gasteiger partial charge in [0.25, 0.3) is 5.91 Å². The minimum absolute atomic E-state index is 0.149. The summed E-state index contributed by atoms with van der Waals surface area (Å²) in [6, 6.07) is 13.2. The SMILES string of the molecule is CNC(=O)c1cccc(C=CC(=O)Nc2ccc3c(c2)CN(C)CC3)c1. The largest absolute Gasteiger partial charge is 0.355 e. The van der Waals surface area contributed by atoms with Gasteiger partial charge in [-0.3, -0.25) is 9.59 Å². The molecule has 1 aliphatic rings. The average Bonchev–Trinajstić information content (AvgIpc) is 2.65. The Morgan fingerprint density at radius 2 is 1.96 bits per heavy atom. The van der Waals surface area contributed by atoms with Crippen molar-refractivity contribution in [2.45, 2.75) is 13.0 Å². The zero-order valence-electron chi connectivity index (χ0n) is 15.1. The van der Waals surface area contributed by atoms with Gasteiger partial charge in [-0.1, -0.05) is 18.2 Å². The molecule has 0 saturated carbocycles. The van der Waals surface area contributed by atoms with Gasteiger partial charge in [0.15, 0.2) is 0 Å². The summed E-state index contributed by atoms with van der Waals surface area (Å²) in [4.78, 5) is 26.1. The Morgan fingerprint density at radius 3 is 2.77 bits per heavy atom. The molecule has 134 valence electrons. The van der Waals surface area contributed by atoms with Crippen molar-refractivity contribution in [3.63, 3.8) is 0 Å². The first-order chi connectivity index (χ1) is 12.5. The van der Waals surface area contributed by atoms with Gasteiger partial charge in [0.2, 0.25) is 5.91 Å². The van der Waals surface area contributed by atoms with Crippen LogP contribution in [0.15, 0.2) is 48.5 Å². The van der Waals surface area contributed by atoms with Crippen molar-refractivity contribution < 1.29 is 9.59 Å². The Kier molecular flexibility index (Phi) is 5.49. The van der Waals surface area contributed by atoms with E-state index >= 15 is 0 Å². The lowest BCUT2D eigenvalue weighted by atomic mass is 9.99. The Morgan fingerprint density at radius 1 is 1.12 bits per heavy atom. The van der Waals surface area contributed by atoms with E-state index in [1.54, 1.807) is 31.3 Å². The highest BCUT2D eigenvalue weighted by atomic mass is 16.2. The van der Waals surface area contributed by atoms with Crippen LogP contribution in [-0.4, -0.2) is 37.4 Å². The van der Waals surface area contributed by atoms with Crippen molar-refractivity contribution in [3.8, 4) is 0 Å². The number of benzene rings is 2.